The highest BCUT2D eigenvalue weighted by atomic mass is 16.5. The second kappa shape index (κ2) is 4.57. The Morgan fingerprint density at radius 2 is 2.38 bits per heavy atom. The number of nitrogens with zero attached hydrogens (tertiary/aromatic N) is 3. The predicted octanol–water partition coefficient (Wildman–Crippen LogP) is 1.02. The van der Waals surface area contributed by atoms with E-state index in [4.69, 9.17) is 4.74 Å². The summed E-state index contributed by atoms with van der Waals surface area (Å²) in [7, 11) is 1.61. The number of hydrogen-bond donors (Lipinski definition) is 0. The smallest absolute Gasteiger partial charge is 0.126 e. The average molecular weight is 217 g/mol. The zero-order valence-electron chi connectivity index (χ0n) is 8.83. The third-order valence-electron chi connectivity index (χ3n) is 2.15. The largest absolute Gasteiger partial charge is 0.497 e. The third kappa shape index (κ3) is 2.08. The highest BCUT2D eigenvalue weighted by Crippen LogP contribution is 2.15. The Morgan fingerprint density at radius 1 is 1.50 bits per heavy atom. The molecule has 5 heteroatoms. The van der Waals surface area contributed by atoms with Crippen molar-refractivity contribution in [2.75, 3.05) is 7.11 Å². The highest BCUT2D eigenvalue weighted by Gasteiger charge is 2.02. The lowest BCUT2D eigenvalue weighted by Gasteiger charge is -2.02. The summed E-state index contributed by atoms with van der Waals surface area (Å²) in [4.78, 5) is 10.3. The fourth-order valence-electron chi connectivity index (χ4n) is 1.36. The van der Waals surface area contributed by atoms with Crippen LogP contribution < -0.4 is 4.74 Å². The zero-order valence-corrected chi connectivity index (χ0v) is 8.83. The molecule has 16 heavy (non-hydrogen) atoms. The van der Waals surface area contributed by atoms with E-state index in [2.05, 4.69) is 10.3 Å². The quantitative estimate of drug-likeness (QED) is 0.717. The average Bonchev–Trinajstić information content (AvgIpc) is 2.78. The van der Waals surface area contributed by atoms with Crippen LogP contribution in [-0.4, -0.2) is 28.4 Å². The van der Waals surface area contributed by atoms with E-state index in [1.807, 2.05) is 24.3 Å². The fraction of sp³-hybridized carbons (Fsp3) is 0.182. The Balaban J connectivity index is 2.30. The summed E-state index contributed by atoms with van der Waals surface area (Å²) in [5.41, 5.74) is 1.50. The molecule has 0 amide bonds. The maximum atomic E-state index is 10.3. The van der Waals surface area contributed by atoms with Gasteiger partial charge in [-0.25, -0.2) is 4.68 Å². The van der Waals surface area contributed by atoms with Crippen LogP contribution in [0.1, 0.15) is 5.69 Å². The summed E-state index contributed by atoms with van der Waals surface area (Å²) in [5.74, 6) is 0.755. The van der Waals surface area contributed by atoms with Gasteiger partial charge in [-0.1, -0.05) is 11.3 Å². The lowest BCUT2D eigenvalue weighted by Crippen LogP contribution is -1.95. The Bertz CT molecular complexity index is 493. The molecule has 1 aromatic carbocycles. The van der Waals surface area contributed by atoms with Crippen molar-refractivity contribution in [3.63, 3.8) is 0 Å². The van der Waals surface area contributed by atoms with Crippen molar-refractivity contribution in [3.05, 3.63) is 36.2 Å². The molecule has 0 fully saturated rings. The van der Waals surface area contributed by atoms with E-state index >= 15 is 0 Å². The summed E-state index contributed by atoms with van der Waals surface area (Å²) in [6, 6.07) is 7.46. The number of benzene rings is 1. The van der Waals surface area contributed by atoms with Gasteiger partial charge in [0.15, 0.2) is 0 Å². The maximum absolute atomic E-state index is 10.3. The number of aromatic nitrogens is 3. The Kier molecular flexibility index (Phi) is 2.95. The van der Waals surface area contributed by atoms with Gasteiger partial charge in [-0.2, -0.15) is 0 Å². The van der Waals surface area contributed by atoms with Crippen LogP contribution in [0.25, 0.3) is 5.69 Å². The highest BCUT2D eigenvalue weighted by molar-refractivity contribution is 5.53. The molecular formula is C11H11N3O2. The number of aldehydes is 1. The molecule has 0 aliphatic rings. The van der Waals surface area contributed by atoms with Gasteiger partial charge in [0.2, 0.25) is 0 Å². The molecule has 82 valence electrons. The number of carbonyl (C=O) groups excluding carboxylic acids is 1. The van der Waals surface area contributed by atoms with Crippen molar-refractivity contribution < 1.29 is 9.53 Å². The normalized spacial score (nSPS) is 10.1. The number of ether oxygens (including phenoxy) is 1. The predicted molar refractivity (Wildman–Crippen MR) is 57.7 cm³/mol. The molecule has 0 N–H and O–H groups in total. The van der Waals surface area contributed by atoms with Crippen LogP contribution in [-0.2, 0) is 11.2 Å². The van der Waals surface area contributed by atoms with Crippen molar-refractivity contribution in [1.82, 2.24) is 15.0 Å². The van der Waals surface area contributed by atoms with Crippen molar-refractivity contribution in [3.8, 4) is 11.4 Å². The molecule has 1 heterocycles. The van der Waals surface area contributed by atoms with Gasteiger partial charge in [-0.3, -0.25) is 0 Å². The van der Waals surface area contributed by atoms with Gasteiger partial charge in [0, 0.05) is 12.5 Å². The minimum absolute atomic E-state index is 0.282. The monoisotopic (exact) mass is 217 g/mol. The standard InChI is InChI=1S/C11H11N3O2/c1-16-11-4-2-3-10(7-11)14-8-9(5-6-15)12-13-14/h2-4,6-8H,5H2,1H3. The molecular weight excluding hydrogens is 206 g/mol. The molecule has 2 rings (SSSR count). The fourth-order valence-corrected chi connectivity index (χ4v) is 1.36. The Morgan fingerprint density at radius 3 is 3.12 bits per heavy atom. The number of methoxy groups -OCH3 is 1. The minimum Gasteiger partial charge on any atom is -0.497 e. The van der Waals surface area contributed by atoms with Crippen LogP contribution >= 0.6 is 0 Å². The summed E-state index contributed by atoms with van der Waals surface area (Å²) < 4.78 is 6.73. The molecule has 0 atom stereocenters. The molecule has 0 saturated carbocycles. The van der Waals surface area contributed by atoms with E-state index in [1.54, 1.807) is 18.0 Å². The molecule has 5 nitrogen and oxygen atoms in total. The van der Waals surface area contributed by atoms with Crippen molar-refractivity contribution in [2.24, 2.45) is 0 Å². The third-order valence-corrected chi connectivity index (χ3v) is 2.15. The molecule has 0 radical (unpaired) electrons. The van der Waals surface area contributed by atoms with Crippen LogP contribution in [0.5, 0.6) is 5.75 Å². The minimum atomic E-state index is 0.282. The first kappa shape index (κ1) is 10.4. The first-order valence-electron chi connectivity index (χ1n) is 4.83. The van der Waals surface area contributed by atoms with E-state index in [0.717, 1.165) is 17.7 Å². The van der Waals surface area contributed by atoms with Gasteiger partial charge in [-0.15, -0.1) is 5.10 Å². The summed E-state index contributed by atoms with van der Waals surface area (Å²) in [6.07, 6.45) is 2.81. The van der Waals surface area contributed by atoms with Gasteiger partial charge in [0.1, 0.15) is 12.0 Å². The van der Waals surface area contributed by atoms with Gasteiger partial charge in [0.25, 0.3) is 0 Å². The molecule has 0 aliphatic carbocycles. The number of carbonyl (C=O) groups is 1. The topological polar surface area (TPSA) is 57.0 Å². The molecule has 0 spiro atoms. The first-order valence-corrected chi connectivity index (χ1v) is 4.83. The van der Waals surface area contributed by atoms with Crippen molar-refractivity contribution >= 4 is 6.29 Å². The first-order chi connectivity index (χ1) is 7.83. The van der Waals surface area contributed by atoms with Gasteiger partial charge >= 0.3 is 0 Å². The number of rotatable bonds is 4. The summed E-state index contributed by atoms with van der Waals surface area (Å²) in [6.45, 7) is 0. The molecule has 0 saturated heterocycles. The van der Waals surface area contributed by atoms with Gasteiger partial charge in [0.05, 0.1) is 24.7 Å². The van der Waals surface area contributed by atoms with E-state index < -0.39 is 0 Å². The van der Waals surface area contributed by atoms with E-state index in [1.165, 1.54) is 0 Å². The molecule has 2 aromatic rings. The molecule has 0 bridgehead atoms. The van der Waals surface area contributed by atoms with Gasteiger partial charge < -0.3 is 9.53 Å². The van der Waals surface area contributed by atoms with Crippen molar-refractivity contribution in [1.29, 1.82) is 0 Å². The summed E-state index contributed by atoms with van der Waals surface area (Å²) >= 11 is 0. The SMILES string of the molecule is COc1cccc(-n2cc(CC=O)nn2)c1. The maximum Gasteiger partial charge on any atom is 0.126 e. The number of hydrogen-bond acceptors (Lipinski definition) is 4. The van der Waals surface area contributed by atoms with Crippen LogP contribution in [0, 0.1) is 0 Å². The van der Waals surface area contributed by atoms with Crippen LogP contribution in [0.3, 0.4) is 0 Å². The van der Waals surface area contributed by atoms with Gasteiger partial charge in [-0.05, 0) is 12.1 Å². The van der Waals surface area contributed by atoms with Crippen LogP contribution in [0.4, 0.5) is 0 Å². The second-order valence-corrected chi connectivity index (χ2v) is 3.23. The zero-order chi connectivity index (χ0) is 11.4. The molecule has 0 aliphatic heterocycles. The Hall–Kier alpha value is -2.17. The lowest BCUT2D eigenvalue weighted by molar-refractivity contribution is -0.107. The van der Waals surface area contributed by atoms with E-state index in [0.29, 0.717) is 5.69 Å². The van der Waals surface area contributed by atoms with E-state index in [9.17, 15) is 4.79 Å². The van der Waals surface area contributed by atoms with Crippen LogP contribution in [0.2, 0.25) is 0 Å². The van der Waals surface area contributed by atoms with Crippen LogP contribution in [0.15, 0.2) is 30.5 Å². The second-order valence-electron chi connectivity index (χ2n) is 3.23. The lowest BCUT2D eigenvalue weighted by atomic mass is 10.3. The van der Waals surface area contributed by atoms with E-state index in [-0.39, 0.29) is 6.42 Å². The Labute approximate surface area is 92.7 Å². The van der Waals surface area contributed by atoms with Crippen molar-refractivity contribution in [2.45, 2.75) is 6.42 Å². The molecule has 1 aromatic heterocycles. The molecule has 0 unspecified atom stereocenters. The summed E-state index contributed by atoms with van der Waals surface area (Å²) in [5, 5.41) is 7.81.